The molecule has 0 aliphatic carbocycles. The van der Waals surface area contributed by atoms with Crippen molar-refractivity contribution < 1.29 is 9.53 Å². The molecule has 0 aromatic carbocycles. The fraction of sp³-hybridized carbons (Fsp3) is 0.455. The van der Waals surface area contributed by atoms with Crippen LogP contribution in [0.4, 0.5) is 10.6 Å². The largest absolute Gasteiger partial charge is 0.450 e. The molecule has 0 radical (unpaired) electrons. The van der Waals surface area contributed by atoms with Crippen LogP contribution in [0.2, 0.25) is 0 Å². The fourth-order valence-electron chi connectivity index (χ4n) is 1.15. The van der Waals surface area contributed by atoms with Crippen LogP contribution in [-0.4, -0.2) is 17.7 Å². The van der Waals surface area contributed by atoms with E-state index in [-0.39, 0.29) is 0 Å². The van der Waals surface area contributed by atoms with Gasteiger partial charge in [-0.05, 0) is 30.5 Å². The fourth-order valence-corrected chi connectivity index (χ4v) is 1.15. The summed E-state index contributed by atoms with van der Waals surface area (Å²) in [6.45, 7) is 6.29. The molecule has 0 fully saturated rings. The molecule has 0 saturated heterocycles. The number of nitrogens with zero attached hydrogens (tertiary/aromatic N) is 1. The molecule has 4 nitrogen and oxygen atoms in total. The topological polar surface area (TPSA) is 51.2 Å². The van der Waals surface area contributed by atoms with Crippen LogP contribution >= 0.6 is 0 Å². The average Bonchev–Trinajstić information content (AvgIpc) is 2.18. The summed E-state index contributed by atoms with van der Waals surface area (Å²) in [6.07, 6.45) is 1.21. The predicted octanol–water partition coefficient (Wildman–Crippen LogP) is 2.77. The highest BCUT2D eigenvalue weighted by Gasteiger charge is 2.05. The summed E-state index contributed by atoms with van der Waals surface area (Å²) in [5.41, 5.74) is 1.14. The van der Waals surface area contributed by atoms with E-state index >= 15 is 0 Å². The maximum Gasteiger partial charge on any atom is 0.412 e. The Hall–Kier alpha value is -1.58. The van der Waals surface area contributed by atoms with Crippen molar-refractivity contribution in [1.82, 2.24) is 4.98 Å². The number of hydrogen-bond donors (Lipinski definition) is 1. The Morgan fingerprint density at radius 1 is 1.60 bits per heavy atom. The van der Waals surface area contributed by atoms with Crippen molar-refractivity contribution in [2.75, 3.05) is 11.9 Å². The van der Waals surface area contributed by atoms with E-state index in [1.807, 2.05) is 12.1 Å². The average molecular weight is 208 g/mol. The van der Waals surface area contributed by atoms with Gasteiger partial charge in [-0.1, -0.05) is 13.8 Å². The summed E-state index contributed by atoms with van der Waals surface area (Å²) in [5, 5.41) is 2.57. The van der Waals surface area contributed by atoms with Crippen molar-refractivity contribution in [2.45, 2.75) is 26.7 Å². The van der Waals surface area contributed by atoms with Crippen LogP contribution < -0.4 is 5.32 Å². The van der Waals surface area contributed by atoms with Gasteiger partial charge in [0.2, 0.25) is 0 Å². The summed E-state index contributed by atoms with van der Waals surface area (Å²) in [5.74, 6) is 0.940. The Bertz CT molecular complexity index is 337. The molecule has 1 heterocycles. The molecular weight excluding hydrogens is 192 g/mol. The van der Waals surface area contributed by atoms with Gasteiger partial charge in [0.25, 0.3) is 0 Å². The van der Waals surface area contributed by atoms with Crippen LogP contribution in [0.15, 0.2) is 18.3 Å². The van der Waals surface area contributed by atoms with Crippen molar-refractivity contribution in [3.05, 3.63) is 23.9 Å². The summed E-state index contributed by atoms with van der Waals surface area (Å²) >= 11 is 0. The van der Waals surface area contributed by atoms with Gasteiger partial charge in [0.05, 0.1) is 6.61 Å². The Kier molecular flexibility index (Phi) is 4.09. The van der Waals surface area contributed by atoms with Gasteiger partial charge in [-0.15, -0.1) is 0 Å². The molecule has 1 aromatic heterocycles. The third kappa shape index (κ3) is 3.58. The molecular formula is C11H16N2O2. The first-order chi connectivity index (χ1) is 7.13. The number of carbonyl (C=O) groups excluding carboxylic acids is 1. The van der Waals surface area contributed by atoms with Gasteiger partial charge in [-0.2, -0.15) is 0 Å². The Morgan fingerprint density at radius 3 is 2.93 bits per heavy atom. The van der Waals surface area contributed by atoms with E-state index in [2.05, 4.69) is 24.1 Å². The first-order valence-electron chi connectivity index (χ1n) is 5.03. The number of rotatable bonds is 3. The van der Waals surface area contributed by atoms with Gasteiger partial charge in [0.15, 0.2) is 0 Å². The number of carbonyl (C=O) groups is 1. The number of aromatic nitrogens is 1. The second-order valence-electron chi connectivity index (χ2n) is 3.47. The van der Waals surface area contributed by atoms with Crippen LogP contribution in [-0.2, 0) is 4.74 Å². The Labute approximate surface area is 89.7 Å². The molecule has 1 rings (SSSR count). The normalized spacial score (nSPS) is 10.1. The number of pyridine rings is 1. The molecule has 0 unspecified atom stereocenters. The SMILES string of the molecule is CCOC(=O)Nc1cc(C(C)C)ccn1. The second kappa shape index (κ2) is 5.34. The molecule has 0 aliphatic rings. The van der Waals surface area contributed by atoms with Gasteiger partial charge in [0.1, 0.15) is 5.82 Å². The molecule has 82 valence electrons. The lowest BCUT2D eigenvalue weighted by atomic mass is 10.1. The minimum absolute atomic E-state index is 0.357. The third-order valence-electron chi connectivity index (χ3n) is 1.96. The van der Waals surface area contributed by atoms with E-state index in [1.54, 1.807) is 13.1 Å². The van der Waals surface area contributed by atoms with E-state index in [0.29, 0.717) is 18.3 Å². The maximum absolute atomic E-state index is 11.1. The number of anilines is 1. The van der Waals surface area contributed by atoms with Crippen LogP contribution in [0.25, 0.3) is 0 Å². The van der Waals surface area contributed by atoms with Gasteiger partial charge < -0.3 is 4.74 Å². The highest BCUT2D eigenvalue weighted by atomic mass is 16.5. The summed E-state index contributed by atoms with van der Waals surface area (Å²) in [6, 6.07) is 3.78. The van der Waals surface area contributed by atoms with Crippen LogP contribution in [0.3, 0.4) is 0 Å². The van der Waals surface area contributed by atoms with E-state index in [0.717, 1.165) is 5.56 Å². The molecule has 0 aliphatic heterocycles. The quantitative estimate of drug-likeness (QED) is 0.830. The molecule has 0 spiro atoms. The zero-order valence-corrected chi connectivity index (χ0v) is 9.28. The minimum Gasteiger partial charge on any atom is -0.450 e. The Balaban J connectivity index is 2.69. The zero-order valence-electron chi connectivity index (χ0n) is 9.28. The molecule has 15 heavy (non-hydrogen) atoms. The van der Waals surface area contributed by atoms with E-state index in [4.69, 9.17) is 4.74 Å². The lowest BCUT2D eigenvalue weighted by Gasteiger charge is -2.08. The minimum atomic E-state index is -0.467. The first-order valence-corrected chi connectivity index (χ1v) is 5.03. The van der Waals surface area contributed by atoms with E-state index in [1.165, 1.54) is 0 Å². The molecule has 1 aromatic rings. The number of hydrogen-bond acceptors (Lipinski definition) is 3. The summed E-state index contributed by atoms with van der Waals surface area (Å²) < 4.78 is 4.76. The smallest absolute Gasteiger partial charge is 0.412 e. The monoisotopic (exact) mass is 208 g/mol. The van der Waals surface area contributed by atoms with E-state index in [9.17, 15) is 4.79 Å². The number of ether oxygens (including phenoxy) is 1. The third-order valence-corrected chi connectivity index (χ3v) is 1.96. The van der Waals surface area contributed by atoms with Gasteiger partial charge in [-0.25, -0.2) is 9.78 Å². The highest BCUT2D eigenvalue weighted by Crippen LogP contribution is 2.16. The molecule has 1 N–H and O–H groups in total. The van der Waals surface area contributed by atoms with Gasteiger partial charge in [0, 0.05) is 6.20 Å². The lowest BCUT2D eigenvalue weighted by Crippen LogP contribution is -2.14. The van der Waals surface area contributed by atoms with Crippen LogP contribution in [0.1, 0.15) is 32.3 Å². The standard InChI is InChI=1S/C11H16N2O2/c1-4-15-11(14)13-10-7-9(8(2)3)5-6-12-10/h5-8H,4H2,1-3H3,(H,12,13,14). The molecule has 0 bridgehead atoms. The van der Waals surface area contributed by atoms with Crippen molar-refractivity contribution in [3.63, 3.8) is 0 Å². The molecule has 4 heteroatoms. The van der Waals surface area contributed by atoms with Gasteiger partial charge >= 0.3 is 6.09 Å². The second-order valence-corrected chi connectivity index (χ2v) is 3.47. The Morgan fingerprint density at radius 2 is 2.33 bits per heavy atom. The maximum atomic E-state index is 11.1. The molecule has 1 amide bonds. The van der Waals surface area contributed by atoms with Crippen molar-refractivity contribution in [3.8, 4) is 0 Å². The number of nitrogens with one attached hydrogen (secondary N) is 1. The van der Waals surface area contributed by atoms with E-state index < -0.39 is 6.09 Å². The summed E-state index contributed by atoms with van der Waals surface area (Å²) in [4.78, 5) is 15.2. The first kappa shape index (κ1) is 11.5. The van der Waals surface area contributed by atoms with Crippen molar-refractivity contribution in [1.29, 1.82) is 0 Å². The van der Waals surface area contributed by atoms with Crippen molar-refractivity contribution in [2.24, 2.45) is 0 Å². The number of amides is 1. The lowest BCUT2D eigenvalue weighted by molar-refractivity contribution is 0.168. The van der Waals surface area contributed by atoms with Crippen LogP contribution in [0.5, 0.6) is 0 Å². The van der Waals surface area contributed by atoms with Crippen molar-refractivity contribution >= 4 is 11.9 Å². The van der Waals surface area contributed by atoms with Crippen LogP contribution in [0, 0.1) is 0 Å². The predicted molar refractivity (Wildman–Crippen MR) is 59.0 cm³/mol. The summed E-state index contributed by atoms with van der Waals surface area (Å²) in [7, 11) is 0. The van der Waals surface area contributed by atoms with Gasteiger partial charge in [-0.3, -0.25) is 5.32 Å². The molecule has 0 atom stereocenters. The highest BCUT2D eigenvalue weighted by molar-refractivity contribution is 5.83. The zero-order chi connectivity index (χ0) is 11.3. The molecule has 0 saturated carbocycles.